The van der Waals surface area contributed by atoms with E-state index in [1.165, 1.54) is 0 Å². The van der Waals surface area contributed by atoms with Crippen LogP contribution in [0.3, 0.4) is 0 Å². The number of alkyl halides is 3. The van der Waals surface area contributed by atoms with Gasteiger partial charge < -0.3 is 10.2 Å². The van der Waals surface area contributed by atoms with E-state index in [0.29, 0.717) is 0 Å². The van der Waals surface area contributed by atoms with E-state index in [0.717, 1.165) is 6.20 Å². The summed E-state index contributed by atoms with van der Waals surface area (Å²) in [4.78, 5) is 14.0. The summed E-state index contributed by atoms with van der Waals surface area (Å²) in [7, 11) is 0. The molecule has 16 heavy (non-hydrogen) atoms. The summed E-state index contributed by atoms with van der Waals surface area (Å²) >= 11 is 2.96. The molecule has 0 aromatic carbocycles. The Morgan fingerprint density at radius 1 is 1.56 bits per heavy atom. The Morgan fingerprint density at radius 3 is 2.62 bits per heavy atom. The number of hydrogen-bond donors (Lipinski definition) is 2. The number of hydrogen-bond acceptors (Lipinski definition) is 3. The summed E-state index contributed by atoms with van der Waals surface area (Å²) in [5.41, 5.74) is -0.768. The lowest BCUT2D eigenvalue weighted by Crippen LogP contribution is -2.08. The molecule has 0 atom stereocenters. The summed E-state index contributed by atoms with van der Waals surface area (Å²) < 4.78 is 25.5. The van der Waals surface area contributed by atoms with Gasteiger partial charge in [0.15, 0.2) is 0 Å². The lowest BCUT2D eigenvalue weighted by molar-refractivity contribution is -0.136. The van der Waals surface area contributed by atoms with Crippen molar-refractivity contribution in [3.63, 3.8) is 0 Å². The molecule has 0 bridgehead atoms. The van der Waals surface area contributed by atoms with Crippen molar-refractivity contribution in [1.82, 2.24) is 4.98 Å². The molecular weight excluding hydrogens is 288 g/mol. The SMILES string of the molecule is O=C(O)Cc1ncc(O)c(CBr)c1C(F)F. The molecule has 0 aliphatic heterocycles. The normalized spacial score (nSPS) is 10.8. The molecule has 1 aromatic rings. The van der Waals surface area contributed by atoms with E-state index in [1.807, 2.05) is 0 Å². The number of rotatable bonds is 4. The van der Waals surface area contributed by atoms with Crippen LogP contribution in [0.1, 0.15) is 23.2 Å². The zero-order valence-electron chi connectivity index (χ0n) is 7.95. The largest absolute Gasteiger partial charge is 0.506 e. The van der Waals surface area contributed by atoms with E-state index in [9.17, 15) is 18.7 Å². The van der Waals surface area contributed by atoms with E-state index in [4.69, 9.17) is 5.11 Å². The number of halogens is 3. The average Bonchev–Trinajstić information content (AvgIpc) is 2.18. The number of carbonyl (C=O) groups is 1. The Balaban J connectivity index is 3.32. The fourth-order valence-corrected chi connectivity index (χ4v) is 1.87. The van der Waals surface area contributed by atoms with Crippen molar-refractivity contribution in [2.75, 3.05) is 0 Å². The van der Waals surface area contributed by atoms with Crippen LogP contribution in [0.2, 0.25) is 0 Å². The molecule has 1 rings (SSSR count). The summed E-state index contributed by atoms with van der Waals surface area (Å²) in [5, 5.41) is 17.9. The number of aromatic hydroxyl groups is 1. The number of pyridine rings is 1. The average molecular weight is 296 g/mol. The van der Waals surface area contributed by atoms with Crippen LogP contribution in [0, 0.1) is 0 Å². The van der Waals surface area contributed by atoms with Gasteiger partial charge in [0, 0.05) is 16.5 Å². The smallest absolute Gasteiger partial charge is 0.309 e. The van der Waals surface area contributed by atoms with Crippen molar-refractivity contribution in [3.8, 4) is 5.75 Å². The molecule has 0 saturated carbocycles. The molecule has 0 saturated heterocycles. The van der Waals surface area contributed by atoms with Crippen molar-refractivity contribution in [1.29, 1.82) is 0 Å². The van der Waals surface area contributed by atoms with Gasteiger partial charge in [0.1, 0.15) is 5.75 Å². The van der Waals surface area contributed by atoms with Crippen LogP contribution in [0.4, 0.5) is 8.78 Å². The molecule has 0 spiro atoms. The lowest BCUT2D eigenvalue weighted by Gasteiger charge is -2.12. The Hall–Kier alpha value is -1.24. The fraction of sp³-hybridized carbons (Fsp3) is 0.333. The molecule has 0 aliphatic carbocycles. The molecule has 1 heterocycles. The maximum absolute atomic E-state index is 12.7. The molecule has 0 radical (unpaired) electrons. The Morgan fingerprint density at radius 2 is 2.19 bits per heavy atom. The van der Waals surface area contributed by atoms with Crippen LogP contribution in [-0.4, -0.2) is 21.2 Å². The number of carboxylic acid groups (broad SMARTS) is 1. The van der Waals surface area contributed by atoms with Crippen molar-refractivity contribution in [3.05, 3.63) is 23.0 Å². The summed E-state index contributed by atoms with van der Waals surface area (Å²) in [6.07, 6.45) is -2.50. The van der Waals surface area contributed by atoms with E-state index in [-0.39, 0.29) is 22.3 Å². The van der Waals surface area contributed by atoms with Crippen LogP contribution in [-0.2, 0) is 16.5 Å². The zero-order valence-corrected chi connectivity index (χ0v) is 9.54. The summed E-state index contributed by atoms with van der Waals surface area (Å²) in [6, 6.07) is 0. The maximum atomic E-state index is 12.7. The Kier molecular flexibility index (Phi) is 4.17. The second kappa shape index (κ2) is 5.20. The van der Waals surface area contributed by atoms with Gasteiger partial charge in [-0.3, -0.25) is 9.78 Å². The minimum absolute atomic E-state index is 0.00759. The highest BCUT2D eigenvalue weighted by Crippen LogP contribution is 2.32. The van der Waals surface area contributed by atoms with E-state index < -0.39 is 24.4 Å². The van der Waals surface area contributed by atoms with Crippen molar-refractivity contribution in [2.45, 2.75) is 18.2 Å². The molecule has 0 unspecified atom stereocenters. The summed E-state index contributed by atoms with van der Waals surface area (Å²) in [6.45, 7) is 0. The van der Waals surface area contributed by atoms with Crippen molar-refractivity contribution in [2.24, 2.45) is 0 Å². The first-order valence-electron chi connectivity index (χ1n) is 4.22. The van der Waals surface area contributed by atoms with Gasteiger partial charge in [0.05, 0.1) is 18.3 Å². The Labute approximate surface area is 98.1 Å². The monoisotopic (exact) mass is 295 g/mol. The topological polar surface area (TPSA) is 70.4 Å². The van der Waals surface area contributed by atoms with Gasteiger partial charge >= 0.3 is 5.97 Å². The quantitative estimate of drug-likeness (QED) is 0.836. The van der Waals surface area contributed by atoms with Gasteiger partial charge in [0.25, 0.3) is 6.43 Å². The third-order valence-corrected chi connectivity index (χ3v) is 2.52. The zero-order chi connectivity index (χ0) is 12.3. The van der Waals surface area contributed by atoms with Crippen molar-refractivity contribution < 1.29 is 23.8 Å². The number of nitrogens with zero attached hydrogens (tertiary/aromatic N) is 1. The first-order chi connectivity index (χ1) is 7.47. The predicted octanol–water partition coefficient (Wildman–Crippen LogP) is 2.25. The highest BCUT2D eigenvalue weighted by atomic mass is 79.9. The van der Waals surface area contributed by atoms with Gasteiger partial charge in [-0.2, -0.15) is 0 Å². The van der Waals surface area contributed by atoms with Gasteiger partial charge in [-0.1, -0.05) is 15.9 Å². The van der Waals surface area contributed by atoms with Crippen LogP contribution in [0.5, 0.6) is 5.75 Å². The molecule has 88 valence electrons. The number of carboxylic acids is 1. The third kappa shape index (κ3) is 2.66. The van der Waals surface area contributed by atoms with E-state index in [2.05, 4.69) is 20.9 Å². The molecule has 1 aromatic heterocycles. The van der Waals surface area contributed by atoms with Gasteiger partial charge in [-0.05, 0) is 0 Å². The third-order valence-electron chi connectivity index (χ3n) is 1.96. The molecule has 0 aliphatic rings. The van der Waals surface area contributed by atoms with Crippen LogP contribution in [0.15, 0.2) is 6.20 Å². The maximum Gasteiger partial charge on any atom is 0.309 e. The van der Waals surface area contributed by atoms with Crippen molar-refractivity contribution >= 4 is 21.9 Å². The molecule has 2 N–H and O–H groups in total. The van der Waals surface area contributed by atoms with E-state index >= 15 is 0 Å². The lowest BCUT2D eigenvalue weighted by atomic mass is 10.1. The standard InChI is InChI=1S/C9H8BrF2NO3/c10-2-4-6(14)3-13-5(1-7(15)16)8(4)9(11)12/h3,9,14H,1-2H2,(H,15,16). The first-order valence-corrected chi connectivity index (χ1v) is 5.35. The highest BCUT2D eigenvalue weighted by molar-refractivity contribution is 9.08. The molecule has 4 nitrogen and oxygen atoms in total. The molecule has 0 amide bonds. The Bertz CT molecular complexity index is 412. The van der Waals surface area contributed by atoms with Gasteiger partial charge in [-0.25, -0.2) is 8.78 Å². The van der Waals surface area contributed by atoms with Crippen LogP contribution in [0.25, 0.3) is 0 Å². The predicted molar refractivity (Wildman–Crippen MR) is 54.8 cm³/mol. The van der Waals surface area contributed by atoms with Crippen LogP contribution < -0.4 is 0 Å². The summed E-state index contributed by atoms with van der Waals surface area (Å²) in [5.74, 6) is -1.62. The minimum Gasteiger partial charge on any atom is -0.506 e. The fourth-order valence-electron chi connectivity index (χ4n) is 1.28. The van der Waals surface area contributed by atoms with Gasteiger partial charge in [-0.15, -0.1) is 0 Å². The first kappa shape index (κ1) is 12.8. The second-order valence-corrected chi connectivity index (χ2v) is 3.55. The van der Waals surface area contributed by atoms with Gasteiger partial charge in [0.2, 0.25) is 0 Å². The number of aromatic nitrogens is 1. The molecular formula is C9H8BrF2NO3. The minimum atomic E-state index is -2.87. The second-order valence-electron chi connectivity index (χ2n) is 2.99. The molecule has 7 heteroatoms. The highest BCUT2D eigenvalue weighted by Gasteiger charge is 2.22. The van der Waals surface area contributed by atoms with E-state index in [1.54, 1.807) is 0 Å². The molecule has 0 fully saturated rings. The number of aliphatic carboxylic acids is 1. The van der Waals surface area contributed by atoms with Crippen LogP contribution >= 0.6 is 15.9 Å².